The summed E-state index contributed by atoms with van der Waals surface area (Å²) < 4.78 is 33.1. The summed E-state index contributed by atoms with van der Waals surface area (Å²) >= 11 is 0. The number of morpholine rings is 1. The smallest absolute Gasteiger partial charge is 0.256 e. The number of anilines is 1. The third kappa shape index (κ3) is 4.01. The Morgan fingerprint density at radius 3 is 2.63 bits per heavy atom. The number of carbonyl (C=O) groups is 1. The number of hydrogen-bond donors (Lipinski definition) is 2. The Morgan fingerprint density at radius 2 is 1.83 bits per heavy atom. The number of sulfonamides is 1. The topological polar surface area (TPSA) is 91.5 Å². The molecule has 35 heavy (non-hydrogen) atoms. The second-order valence-electron chi connectivity index (χ2n) is 9.25. The van der Waals surface area contributed by atoms with Crippen LogP contribution in [0.1, 0.15) is 46.8 Å². The van der Waals surface area contributed by atoms with Gasteiger partial charge in [-0.15, -0.1) is 0 Å². The first-order valence-electron chi connectivity index (χ1n) is 12.0. The Hall–Kier alpha value is -3.20. The van der Waals surface area contributed by atoms with Crippen LogP contribution < -0.4 is 5.32 Å². The van der Waals surface area contributed by atoms with Gasteiger partial charge in [0.2, 0.25) is 10.0 Å². The van der Waals surface area contributed by atoms with E-state index in [1.165, 1.54) is 21.1 Å². The lowest BCUT2D eigenvalue weighted by atomic mass is 9.82. The number of aryl methyl sites for hydroxylation is 1. The SMILES string of the molecule is O=C1Nc2ccc(S(=O)(=O)N3CCOCC3)cc2C1=Cc1cc2c([nH]1)CCCC2c1ccccc1. The molecular weight excluding hydrogens is 462 g/mol. The summed E-state index contributed by atoms with van der Waals surface area (Å²) in [7, 11) is -3.66. The lowest BCUT2D eigenvalue weighted by molar-refractivity contribution is -0.110. The number of hydrogen-bond acceptors (Lipinski definition) is 4. The van der Waals surface area contributed by atoms with E-state index < -0.39 is 10.0 Å². The van der Waals surface area contributed by atoms with E-state index in [0.29, 0.717) is 49.0 Å². The van der Waals surface area contributed by atoms with Gasteiger partial charge in [0, 0.05) is 41.6 Å². The highest BCUT2D eigenvalue weighted by Crippen LogP contribution is 2.39. The van der Waals surface area contributed by atoms with Crippen LogP contribution in [-0.2, 0) is 26.0 Å². The highest BCUT2D eigenvalue weighted by Gasteiger charge is 2.31. The van der Waals surface area contributed by atoms with E-state index in [1.54, 1.807) is 18.2 Å². The van der Waals surface area contributed by atoms with Gasteiger partial charge in [-0.05, 0) is 60.7 Å². The minimum Gasteiger partial charge on any atom is -0.379 e. The van der Waals surface area contributed by atoms with Gasteiger partial charge in [-0.1, -0.05) is 30.3 Å². The molecule has 1 saturated heterocycles. The standard InChI is InChI=1S/C27H27N3O4S/c31-27-24(16-19-15-22-21(7-4-8-25(22)28-19)18-5-2-1-3-6-18)23-17-20(9-10-26(23)29-27)35(32,33)30-11-13-34-14-12-30/h1-3,5-6,9-10,15-17,21,28H,4,7-8,11-14H2,(H,29,31). The number of carbonyl (C=O) groups excluding carboxylic acids is 1. The monoisotopic (exact) mass is 489 g/mol. The molecule has 0 saturated carbocycles. The largest absolute Gasteiger partial charge is 0.379 e. The quantitative estimate of drug-likeness (QED) is 0.542. The van der Waals surface area contributed by atoms with E-state index in [2.05, 4.69) is 40.6 Å². The molecule has 7 nitrogen and oxygen atoms in total. The van der Waals surface area contributed by atoms with E-state index in [-0.39, 0.29) is 10.8 Å². The maximum absolute atomic E-state index is 13.2. The molecule has 180 valence electrons. The number of H-pyrrole nitrogens is 1. The van der Waals surface area contributed by atoms with Crippen LogP contribution >= 0.6 is 0 Å². The van der Waals surface area contributed by atoms with Crippen molar-refractivity contribution in [2.24, 2.45) is 0 Å². The molecule has 1 aliphatic carbocycles. The Labute approximate surface area is 204 Å². The van der Waals surface area contributed by atoms with Gasteiger partial charge in [-0.3, -0.25) is 4.79 Å². The molecule has 2 aromatic carbocycles. The number of benzene rings is 2. The van der Waals surface area contributed by atoms with Crippen molar-refractivity contribution in [3.05, 3.63) is 82.7 Å². The molecule has 1 aromatic heterocycles. The summed E-state index contributed by atoms with van der Waals surface area (Å²) in [5.74, 6) is 0.103. The van der Waals surface area contributed by atoms with E-state index in [9.17, 15) is 13.2 Å². The first-order valence-corrected chi connectivity index (χ1v) is 13.5. The van der Waals surface area contributed by atoms with Crippen molar-refractivity contribution < 1.29 is 17.9 Å². The minimum absolute atomic E-state index is 0.190. The van der Waals surface area contributed by atoms with E-state index in [4.69, 9.17) is 4.74 Å². The van der Waals surface area contributed by atoms with Gasteiger partial charge in [-0.2, -0.15) is 4.31 Å². The van der Waals surface area contributed by atoms with Crippen molar-refractivity contribution in [3.63, 3.8) is 0 Å². The molecule has 8 heteroatoms. The van der Waals surface area contributed by atoms with E-state index in [0.717, 1.165) is 25.0 Å². The van der Waals surface area contributed by atoms with Gasteiger partial charge < -0.3 is 15.0 Å². The third-order valence-corrected chi connectivity index (χ3v) is 9.03. The summed E-state index contributed by atoms with van der Waals surface area (Å²) in [4.78, 5) is 16.6. The predicted molar refractivity (Wildman–Crippen MR) is 135 cm³/mol. The van der Waals surface area contributed by atoms with Gasteiger partial charge in [0.15, 0.2) is 0 Å². The molecule has 3 aliphatic rings. The number of nitrogens with zero attached hydrogens (tertiary/aromatic N) is 1. The Balaban J connectivity index is 1.36. The number of aromatic nitrogens is 1. The van der Waals surface area contributed by atoms with Crippen LogP contribution in [0.3, 0.4) is 0 Å². The number of fused-ring (bicyclic) bond motifs is 2. The Kier molecular flexibility index (Phi) is 5.59. The maximum atomic E-state index is 13.2. The Bertz CT molecular complexity index is 1420. The second kappa shape index (κ2) is 8.78. The highest BCUT2D eigenvalue weighted by atomic mass is 32.2. The summed E-state index contributed by atoms with van der Waals surface area (Å²) in [5, 5.41) is 2.87. The van der Waals surface area contributed by atoms with Crippen LogP contribution in [0, 0.1) is 0 Å². The molecule has 2 N–H and O–H groups in total. The summed E-state index contributed by atoms with van der Waals surface area (Å²) in [5.41, 5.74) is 6.34. The highest BCUT2D eigenvalue weighted by molar-refractivity contribution is 7.89. The molecule has 3 aromatic rings. The number of ether oxygens (including phenoxy) is 1. The fraction of sp³-hybridized carbons (Fsp3) is 0.296. The van der Waals surface area contributed by atoms with Crippen LogP contribution in [-0.4, -0.2) is 49.9 Å². The van der Waals surface area contributed by atoms with E-state index >= 15 is 0 Å². The van der Waals surface area contributed by atoms with Crippen LogP contribution in [0.2, 0.25) is 0 Å². The van der Waals surface area contributed by atoms with Crippen LogP contribution in [0.4, 0.5) is 5.69 Å². The van der Waals surface area contributed by atoms with E-state index in [1.807, 2.05) is 12.1 Å². The van der Waals surface area contributed by atoms with Gasteiger partial charge >= 0.3 is 0 Å². The summed E-state index contributed by atoms with van der Waals surface area (Å²) in [6, 6.07) is 17.5. The molecule has 1 unspecified atom stereocenters. The normalized spacial score (nSPS) is 21.5. The Morgan fingerprint density at radius 1 is 1.03 bits per heavy atom. The van der Waals surface area contributed by atoms with Gasteiger partial charge in [0.1, 0.15) is 0 Å². The predicted octanol–water partition coefficient (Wildman–Crippen LogP) is 4.00. The maximum Gasteiger partial charge on any atom is 0.256 e. The lowest BCUT2D eigenvalue weighted by Gasteiger charge is -2.26. The number of amides is 1. The number of nitrogens with one attached hydrogen (secondary N) is 2. The van der Waals surface area contributed by atoms with Crippen molar-refractivity contribution in [2.75, 3.05) is 31.6 Å². The van der Waals surface area contributed by atoms with Gasteiger partial charge in [-0.25, -0.2) is 8.42 Å². The van der Waals surface area contributed by atoms with Crippen LogP contribution in [0.5, 0.6) is 0 Å². The zero-order valence-electron chi connectivity index (χ0n) is 19.3. The van der Waals surface area contributed by atoms with Crippen LogP contribution in [0.25, 0.3) is 11.6 Å². The second-order valence-corrected chi connectivity index (χ2v) is 11.2. The fourth-order valence-electron chi connectivity index (χ4n) is 5.37. The number of rotatable bonds is 4. The molecule has 0 radical (unpaired) electrons. The molecule has 1 atom stereocenters. The average Bonchev–Trinajstić information content (AvgIpc) is 3.45. The van der Waals surface area contributed by atoms with Crippen molar-refractivity contribution in [3.8, 4) is 0 Å². The first-order chi connectivity index (χ1) is 17.0. The molecule has 3 heterocycles. The zero-order chi connectivity index (χ0) is 24.0. The molecule has 0 bridgehead atoms. The molecule has 1 amide bonds. The van der Waals surface area contributed by atoms with Gasteiger partial charge in [0.05, 0.1) is 23.7 Å². The van der Waals surface area contributed by atoms with Crippen molar-refractivity contribution in [1.82, 2.24) is 9.29 Å². The molecule has 2 aliphatic heterocycles. The third-order valence-electron chi connectivity index (χ3n) is 7.13. The van der Waals surface area contributed by atoms with Crippen molar-refractivity contribution in [2.45, 2.75) is 30.1 Å². The first kappa shape index (κ1) is 22.3. The average molecular weight is 490 g/mol. The molecule has 0 spiro atoms. The molecular formula is C27H27N3O4S. The van der Waals surface area contributed by atoms with Gasteiger partial charge in [0.25, 0.3) is 5.91 Å². The molecule has 1 fully saturated rings. The number of aromatic amines is 1. The fourth-order valence-corrected chi connectivity index (χ4v) is 6.80. The lowest BCUT2D eigenvalue weighted by Crippen LogP contribution is -2.40. The van der Waals surface area contributed by atoms with Crippen molar-refractivity contribution >= 4 is 33.3 Å². The van der Waals surface area contributed by atoms with Crippen LogP contribution in [0.15, 0.2) is 59.5 Å². The zero-order valence-corrected chi connectivity index (χ0v) is 20.1. The summed E-state index contributed by atoms with van der Waals surface area (Å²) in [6.45, 7) is 1.43. The molecule has 6 rings (SSSR count). The summed E-state index contributed by atoms with van der Waals surface area (Å²) in [6.07, 6.45) is 5.02. The minimum atomic E-state index is -3.66. The van der Waals surface area contributed by atoms with Crippen molar-refractivity contribution in [1.29, 1.82) is 0 Å².